The van der Waals surface area contributed by atoms with Gasteiger partial charge in [-0.15, -0.1) is 0 Å². The number of benzene rings is 1. The van der Waals surface area contributed by atoms with Crippen LogP contribution in [0.2, 0.25) is 0 Å². The first kappa shape index (κ1) is 13.1. The van der Waals surface area contributed by atoms with E-state index in [2.05, 4.69) is 0 Å². The first-order valence-electron chi connectivity index (χ1n) is 5.48. The number of carboxylic acids is 1. The maximum absolute atomic E-state index is 10.9. The van der Waals surface area contributed by atoms with E-state index in [-0.39, 0.29) is 5.75 Å². The minimum Gasteiger partial charge on any atom is -0.504 e. The van der Waals surface area contributed by atoms with Crippen LogP contribution in [0.5, 0.6) is 11.5 Å². The van der Waals surface area contributed by atoms with Gasteiger partial charge in [-0.1, -0.05) is 13.0 Å². The van der Waals surface area contributed by atoms with E-state index >= 15 is 0 Å². The summed E-state index contributed by atoms with van der Waals surface area (Å²) in [5, 5.41) is 18.4. The molecule has 2 N–H and O–H groups in total. The van der Waals surface area contributed by atoms with Crippen LogP contribution >= 0.6 is 0 Å². The quantitative estimate of drug-likeness (QED) is 0.771. The second kappa shape index (κ2) is 5.94. The molecule has 0 fully saturated rings. The van der Waals surface area contributed by atoms with Crippen molar-refractivity contribution in [2.45, 2.75) is 20.3 Å². The zero-order valence-corrected chi connectivity index (χ0v) is 9.93. The van der Waals surface area contributed by atoms with Gasteiger partial charge >= 0.3 is 5.97 Å². The minimum absolute atomic E-state index is 0.0531. The number of ether oxygens (including phenoxy) is 1. The van der Waals surface area contributed by atoms with Crippen molar-refractivity contribution in [1.82, 2.24) is 0 Å². The third kappa shape index (κ3) is 3.52. The van der Waals surface area contributed by atoms with E-state index in [1.165, 1.54) is 6.07 Å². The highest BCUT2D eigenvalue weighted by atomic mass is 16.5. The second-order valence-corrected chi connectivity index (χ2v) is 3.49. The molecule has 0 spiro atoms. The lowest BCUT2D eigenvalue weighted by Gasteiger charge is -2.06. The highest BCUT2D eigenvalue weighted by molar-refractivity contribution is 5.92. The van der Waals surface area contributed by atoms with Crippen molar-refractivity contribution >= 4 is 12.0 Å². The molecule has 92 valence electrons. The first-order chi connectivity index (χ1) is 8.08. The van der Waals surface area contributed by atoms with Gasteiger partial charge in [0.2, 0.25) is 0 Å². The van der Waals surface area contributed by atoms with E-state index < -0.39 is 5.97 Å². The summed E-state index contributed by atoms with van der Waals surface area (Å²) in [6, 6.07) is 4.76. The molecule has 17 heavy (non-hydrogen) atoms. The molecule has 0 aromatic heterocycles. The molecule has 0 aliphatic carbocycles. The van der Waals surface area contributed by atoms with Crippen LogP contribution in [0.4, 0.5) is 0 Å². The monoisotopic (exact) mass is 236 g/mol. The van der Waals surface area contributed by atoms with Gasteiger partial charge in [0.05, 0.1) is 6.61 Å². The Morgan fingerprint density at radius 1 is 1.41 bits per heavy atom. The Labute approximate surface area is 100 Å². The summed E-state index contributed by atoms with van der Waals surface area (Å²) in [6.07, 6.45) is 2.02. The van der Waals surface area contributed by atoms with Gasteiger partial charge in [-0.05, 0) is 37.1 Å². The van der Waals surface area contributed by atoms with Crippen molar-refractivity contribution in [3.8, 4) is 11.5 Å². The van der Waals surface area contributed by atoms with Gasteiger partial charge in [-0.25, -0.2) is 4.79 Å². The summed E-state index contributed by atoms with van der Waals surface area (Å²) >= 11 is 0. The lowest BCUT2D eigenvalue weighted by Crippen LogP contribution is -1.99. The number of carbonyl (C=O) groups is 1. The lowest BCUT2D eigenvalue weighted by atomic mass is 10.1. The van der Waals surface area contributed by atoms with Gasteiger partial charge in [-0.2, -0.15) is 0 Å². The molecule has 0 amide bonds. The van der Waals surface area contributed by atoms with Crippen LogP contribution in [0, 0.1) is 0 Å². The van der Waals surface area contributed by atoms with E-state index in [9.17, 15) is 9.90 Å². The van der Waals surface area contributed by atoms with Crippen LogP contribution in [0.15, 0.2) is 23.8 Å². The summed E-state index contributed by atoms with van der Waals surface area (Å²) < 4.78 is 5.23. The number of hydrogen-bond donors (Lipinski definition) is 2. The van der Waals surface area contributed by atoms with Crippen molar-refractivity contribution in [3.05, 3.63) is 29.3 Å². The van der Waals surface area contributed by atoms with Gasteiger partial charge in [0.25, 0.3) is 0 Å². The number of carboxylic acid groups (broad SMARTS) is 1. The first-order valence-corrected chi connectivity index (χ1v) is 5.48. The Balaban J connectivity index is 3.07. The summed E-state index contributed by atoms with van der Waals surface area (Å²) in [5.41, 5.74) is 1.02. The molecule has 1 aromatic carbocycles. The zero-order valence-electron chi connectivity index (χ0n) is 9.93. The largest absolute Gasteiger partial charge is 0.504 e. The molecule has 0 aliphatic rings. The Morgan fingerprint density at radius 3 is 2.65 bits per heavy atom. The normalized spacial score (nSPS) is 11.3. The predicted octanol–water partition coefficient (Wildman–Crippen LogP) is 2.67. The summed E-state index contributed by atoms with van der Waals surface area (Å²) in [6.45, 7) is 4.04. The van der Waals surface area contributed by atoms with E-state index in [1.54, 1.807) is 25.1 Å². The van der Waals surface area contributed by atoms with Crippen LogP contribution in [0.3, 0.4) is 0 Å². The molecule has 4 nitrogen and oxygen atoms in total. The topological polar surface area (TPSA) is 66.8 Å². The summed E-state index contributed by atoms with van der Waals surface area (Å²) in [5.74, 6) is -0.516. The fourth-order valence-electron chi connectivity index (χ4n) is 1.41. The van der Waals surface area contributed by atoms with Crippen molar-refractivity contribution in [2.24, 2.45) is 0 Å². The third-order valence-electron chi connectivity index (χ3n) is 2.28. The summed E-state index contributed by atoms with van der Waals surface area (Å²) in [4.78, 5) is 10.9. The molecule has 0 bridgehead atoms. The molecule has 0 aliphatic heterocycles. The van der Waals surface area contributed by atoms with Crippen molar-refractivity contribution < 1.29 is 19.7 Å². The number of rotatable bonds is 5. The van der Waals surface area contributed by atoms with Crippen molar-refractivity contribution in [2.75, 3.05) is 6.61 Å². The molecule has 4 heteroatoms. The van der Waals surface area contributed by atoms with E-state index in [4.69, 9.17) is 9.84 Å². The van der Waals surface area contributed by atoms with Gasteiger partial charge in [0, 0.05) is 5.57 Å². The molecule has 0 unspecified atom stereocenters. The number of phenolic OH excluding ortho intramolecular Hbond substituents is 1. The fourth-order valence-corrected chi connectivity index (χ4v) is 1.41. The predicted molar refractivity (Wildman–Crippen MR) is 65.2 cm³/mol. The molecule has 1 aromatic rings. The maximum Gasteiger partial charge on any atom is 0.331 e. The Hall–Kier alpha value is -1.97. The maximum atomic E-state index is 10.9. The lowest BCUT2D eigenvalue weighted by molar-refractivity contribution is -0.132. The number of hydrogen-bond acceptors (Lipinski definition) is 3. The molecular weight excluding hydrogens is 220 g/mol. The van der Waals surface area contributed by atoms with Gasteiger partial charge in [-0.3, -0.25) is 0 Å². The highest BCUT2D eigenvalue weighted by Gasteiger charge is 2.06. The van der Waals surface area contributed by atoms with E-state index in [0.717, 1.165) is 0 Å². The smallest absolute Gasteiger partial charge is 0.331 e. The number of aromatic hydroxyl groups is 1. The number of phenols is 1. The van der Waals surface area contributed by atoms with Crippen LogP contribution in [0.25, 0.3) is 6.08 Å². The molecule has 1 rings (SSSR count). The van der Waals surface area contributed by atoms with Gasteiger partial charge < -0.3 is 14.9 Å². The van der Waals surface area contributed by atoms with Crippen LogP contribution in [0.1, 0.15) is 25.8 Å². The third-order valence-corrected chi connectivity index (χ3v) is 2.28. The molecule has 0 saturated carbocycles. The Bertz CT molecular complexity index is 435. The van der Waals surface area contributed by atoms with Gasteiger partial charge in [0.1, 0.15) is 0 Å². The molecule has 0 atom stereocenters. The average Bonchev–Trinajstić information content (AvgIpc) is 2.30. The highest BCUT2D eigenvalue weighted by Crippen LogP contribution is 2.27. The van der Waals surface area contributed by atoms with Crippen LogP contribution in [-0.2, 0) is 4.79 Å². The van der Waals surface area contributed by atoms with Crippen LogP contribution < -0.4 is 4.74 Å². The minimum atomic E-state index is -0.932. The fraction of sp³-hybridized carbons (Fsp3) is 0.308. The van der Waals surface area contributed by atoms with Crippen molar-refractivity contribution in [1.29, 1.82) is 0 Å². The SMILES string of the molecule is CCOc1cc(C=C(CC)C(=O)O)ccc1O. The van der Waals surface area contributed by atoms with E-state index in [0.29, 0.717) is 29.9 Å². The molecule has 0 heterocycles. The second-order valence-electron chi connectivity index (χ2n) is 3.49. The van der Waals surface area contributed by atoms with Gasteiger partial charge in [0.15, 0.2) is 11.5 Å². The number of aliphatic carboxylic acids is 1. The van der Waals surface area contributed by atoms with Crippen molar-refractivity contribution in [3.63, 3.8) is 0 Å². The average molecular weight is 236 g/mol. The zero-order chi connectivity index (χ0) is 12.8. The van der Waals surface area contributed by atoms with Crippen LogP contribution in [-0.4, -0.2) is 22.8 Å². The summed E-state index contributed by atoms with van der Waals surface area (Å²) in [7, 11) is 0. The molecular formula is C13H16O4. The molecule has 0 saturated heterocycles. The standard InChI is InChI=1S/C13H16O4/c1-3-10(13(15)16)7-9-5-6-11(14)12(8-9)17-4-2/h5-8,14H,3-4H2,1-2H3,(H,15,16). The van der Waals surface area contributed by atoms with E-state index in [1.807, 2.05) is 6.92 Å². The Kier molecular flexibility index (Phi) is 4.57. The molecule has 0 radical (unpaired) electrons. The Morgan fingerprint density at radius 2 is 2.12 bits per heavy atom.